The number of hydrogen-bond donors (Lipinski definition) is 3. The summed E-state index contributed by atoms with van der Waals surface area (Å²) in [5.41, 5.74) is 3.40. The number of nitrogens with one attached hydrogen (secondary N) is 1. The van der Waals surface area contributed by atoms with Crippen LogP contribution in [0.1, 0.15) is 52.4 Å². The van der Waals surface area contributed by atoms with Gasteiger partial charge in [-0.15, -0.1) is 0 Å². The first-order valence-electron chi connectivity index (χ1n) is 12.1. The van der Waals surface area contributed by atoms with E-state index in [0.29, 0.717) is 12.0 Å². The number of alkyl halides is 5. The number of ether oxygens (including phenoxy) is 1. The molecule has 0 aromatic carbocycles. The Balaban J connectivity index is 1.62. The summed E-state index contributed by atoms with van der Waals surface area (Å²) in [6.07, 6.45) is 2.58. The summed E-state index contributed by atoms with van der Waals surface area (Å²) in [6.45, 7) is 5.34. The van der Waals surface area contributed by atoms with Crippen LogP contribution in [0.3, 0.4) is 0 Å². The summed E-state index contributed by atoms with van der Waals surface area (Å²) < 4.78 is 68.4. The summed E-state index contributed by atoms with van der Waals surface area (Å²) in [6, 6.07) is 0. The van der Waals surface area contributed by atoms with Crippen LogP contribution in [-0.2, 0) is 9.53 Å². The minimum atomic E-state index is -5.74. The number of rotatable bonds is 7. The van der Waals surface area contributed by atoms with E-state index < -0.39 is 49.5 Å². The topological polar surface area (TPSA) is 78.8 Å². The first-order chi connectivity index (χ1) is 16.7. The zero-order valence-corrected chi connectivity index (χ0v) is 20.5. The van der Waals surface area contributed by atoms with Crippen molar-refractivity contribution in [3.05, 3.63) is 47.1 Å². The van der Waals surface area contributed by atoms with Crippen LogP contribution >= 0.6 is 0 Å². The molecule has 2 saturated carbocycles. The highest BCUT2D eigenvalue weighted by Gasteiger charge is 2.57. The molecule has 202 valence electrons. The number of aliphatic hydroxyl groups excluding tert-OH is 2. The van der Waals surface area contributed by atoms with Crippen LogP contribution < -0.4 is 5.32 Å². The molecule has 0 heterocycles. The van der Waals surface area contributed by atoms with Crippen LogP contribution in [0.25, 0.3) is 0 Å². The van der Waals surface area contributed by atoms with Crippen molar-refractivity contribution in [2.24, 2.45) is 11.3 Å². The van der Waals surface area contributed by atoms with Gasteiger partial charge in [0.1, 0.15) is 6.61 Å². The maximum absolute atomic E-state index is 13.0. The Morgan fingerprint density at radius 3 is 2.67 bits per heavy atom. The largest absolute Gasteiger partial charge is 0.455 e. The summed E-state index contributed by atoms with van der Waals surface area (Å²) in [5.74, 6) is -5.86. The monoisotopic (exact) mass is 519 g/mol. The van der Waals surface area contributed by atoms with E-state index >= 15 is 0 Å². The third kappa shape index (κ3) is 6.08. The molecule has 3 aliphatic carbocycles. The Hall–Kier alpha value is -2.04. The standard InChI is InChI=1S/C26H34F5NO4/c1-15-18(11-19(33)12-22(15)34)7-6-17-5-4-10-24(3)20(8-9-21(17)24)16(2)36-13-23(35)32-14-25(27,28)26(29,30)31/h6-8,16,19,21-22,33-34H,1,4-5,9-14H2,2-3H3,(H,32,35)/b17-6+,18-7+/t16-,19+,21-,22-,24+/m0/s1. The first-order valence-corrected chi connectivity index (χ1v) is 12.1. The summed E-state index contributed by atoms with van der Waals surface area (Å²) in [5, 5.41) is 21.7. The predicted molar refractivity (Wildman–Crippen MR) is 124 cm³/mol. The lowest BCUT2D eigenvalue weighted by Crippen LogP contribution is -2.47. The maximum Gasteiger partial charge on any atom is 0.455 e. The molecule has 3 aliphatic rings. The molecule has 2 fully saturated rings. The van der Waals surface area contributed by atoms with Crippen molar-refractivity contribution in [2.45, 2.75) is 82.8 Å². The molecule has 0 aromatic heterocycles. The van der Waals surface area contributed by atoms with E-state index in [2.05, 4.69) is 19.6 Å². The van der Waals surface area contributed by atoms with Gasteiger partial charge < -0.3 is 20.3 Å². The molecule has 0 aromatic rings. The molecule has 1 amide bonds. The van der Waals surface area contributed by atoms with Gasteiger partial charge in [-0.25, -0.2) is 0 Å². The van der Waals surface area contributed by atoms with Gasteiger partial charge in [0, 0.05) is 6.42 Å². The molecule has 3 rings (SSSR count). The summed E-state index contributed by atoms with van der Waals surface area (Å²) in [7, 11) is 0. The van der Waals surface area contributed by atoms with Crippen molar-refractivity contribution < 1.29 is 41.7 Å². The minimum absolute atomic E-state index is 0.190. The van der Waals surface area contributed by atoms with Crippen LogP contribution in [0.2, 0.25) is 0 Å². The fourth-order valence-electron chi connectivity index (χ4n) is 5.60. The van der Waals surface area contributed by atoms with Crippen molar-refractivity contribution in [2.75, 3.05) is 13.2 Å². The van der Waals surface area contributed by atoms with Gasteiger partial charge >= 0.3 is 12.1 Å². The van der Waals surface area contributed by atoms with E-state index in [0.717, 1.165) is 36.8 Å². The maximum atomic E-state index is 13.0. The van der Waals surface area contributed by atoms with E-state index in [-0.39, 0.29) is 17.8 Å². The van der Waals surface area contributed by atoms with Crippen molar-refractivity contribution in [3.8, 4) is 0 Å². The number of hydrogen-bond acceptors (Lipinski definition) is 4. The Kier molecular flexibility index (Phi) is 8.52. The highest BCUT2D eigenvalue weighted by molar-refractivity contribution is 5.77. The number of amides is 1. The number of carbonyl (C=O) groups excluding carboxylic acids is 1. The van der Waals surface area contributed by atoms with Crippen molar-refractivity contribution in [1.29, 1.82) is 0 Å². The van der Waals surface area contributed by atoms with Gasteiger partial charge in [-0.05, 0) is 67.1 Å². The second-order valence-corrected chi connectivity index (χ2v) is 10.2. The number of aliphatic hydroxyl groups is 2. The fraction of sp³-hybridized carbons (Fsp3) is 0.654. The third-order valence-electron chi connectivity index (χ3n) is 7.70. The quantitative estimate of drug-likeness (QED) is 0.335. The number of carbonyl (C=O) groups is 1. The smallest absolute Gasteiger partial charge is 0.393 e. The average molecular weight is 520 g/mol. The molecule has 0 bridgehead atoms. The van der Waals surface area contributed by atoms with Gasteiger partial charge in [-0.2, -0.15) is 22.0 Å². The Labute approximate surface area is 207 Å². The molecule has 36 heavy (non-hydrogen) atoms. The highest BCUT2D eigenvalue weighted by Crippen LogP contribution is 2.55. The Morgan fingerprint density at radius 2 is 2.00 bits per heavy atom. The van der Waals surface area contributed by atoms with Crippen LogP contribution in [0, 0.1) is 11.3 Å². The second kappa shape index (κ2) is 10.8. The molecule has 5 atom stereocenters. The predicted octanol–water partition coefficient (Wildman–Crippen LogP) is 4.77. The summed E-state index contributed by atoms with van der Waals surface area (Å²) >= 11 is 0. The molecular formula is C26H34F5NO4. The van der Waals surface area contributed by atoms with Gasteiger partial charge in [0.25, 0.3) is 0 Å². The average Bonchev–Trinajstić information content (AvgIpc) is 3.14. The van der Waals surface area contributed by atoms with Crippen LogP contribution in [-0.4, -0.2) is 59.7 Å². The van der Waals surface area contributed by atoms with Gasteiger partial charge in [-0.1, -0.05) is 37.3 Å². The molecule has 10 heteroatoms. The van der Waals surface area contributed by atoms with E-state index in [4.69, 9.17) is 4.74 Å². The van der Waals surface area contributed by atoms with E-state index in [1.54, 1.807) is 12.2 Å². The molecule has 5 nitrogen and oxygen atoms in total. The normalized spacial score (nSPS) is 32.4. The number of allylic oxidation sites excluding steroid dienone is 4. The SMILES string of the molecule is C=C1/C(=C/C=C2\CCC[C@]3(C)C([C@H](C)OCC(=O)NCC(F)(F)C(F)(F)F)=CC[C@@H]23)C[C@@H](O)C[C@@H]1O. The van der Waals surface area contributed by atoms with E-state index in [1.807, 2.05) is 12.2 Å². The molecule has 0 spiro atoms. The van der Waals surface area contributed by atoms with Gasteiger partial charge in [0.05, 0.1) is 24.9 Å². The molecule has 0 unspecified atom stereocenters. The lowest BCUT2D eigenvalue weighted by atomic mass is 9.63. The fourth-order valence-corrected chi connectivity index (χ4v) is 5.60. The molecule has 0 aliphatic heterocycles. The van der Waals surface area contributed by atoms with Crippen LogP contribution in [0.4, 0.5) is 22.0 Å². The number of fused-ring (bicyclic) bond motifs is 1. The minimum Gasteiger partial charge on any atom is -0.393 e. The van der Waals surface area contributed by atoms with Gasteiger partial charge in [0.15, 0.2) is 0 Å². The third-order valence-corrected chi connectivity index (χ3v) is 7.70. The first kappa shape index (κ1) is 28.5. The van der Waals surface area contributed by atoms with E-state index in [1.165, 1.54) is 5.57 Å². The van der Waals surface area contributed by atoms with Gasteiger partial charge in [-0.3, -0.25) is 4.79 Å². The van der Waals surface area contributed by atoms with Crippen LogP contribution in [0.5, 0.6) is 0 Å². The molecule has 0 radical (unpaired) electrons. The lowest BCUT2D eigenvalue weighted by Gasteiger charge is -2.42. The molecule has 3 N–H and O–H groups in total. The van der Waals surface area contributed by atoms with Crippen molar-refractivity contribution in [3.63, 3.8) is 0 Å². The van der Waals surface area contributed by atoms with Crippen molar-refractivity contribution >= 4 is 5.91 Å². The summed E-state index contributed by atoms with van der Waals surface area (Å²) in [4.78, 5) is 11.8. The molecule has 0 saturated heterocycles. The highest BCUT2D eigenvalue weighted by atomic mass is 19.4. The Bertz CT molecular complexity index is 954. The number of halogens is 5. The second-order valence-electron chi connectivity index (χ2n) is 10.2. The van der Waals surface area contributed by atoms with Gasteiger partial charge in [0.2, 0.25) is 5.91 Å². The Morgan fingerprint density at radius 1 is 1.31 bits per heavy atom. The zero-order chi connectivity index (χ0) is 26.9. The lowest BCUT2D eigenvalue weighted by molar-refractivity contribution is -0.278. The van der Waals surface area contributed by atoms with Crippen LogP contribution in [0.15, 0.2) is 47.1 Å². The molecular weight excluding hydrogens is 485 g/mol. The zero-order valence-electron chi connectivity index (χ0n) is 20.5. The van der Waals surface area contributed by atoms with E-state index in [9.17, 15) is 37.0 Å². The van der Waals surface area contributed by atoms with Crippen molar-refractivity contribution in [1.82, 2.24) is 5.32 Å².